The van der Waals surface area contributed by atoms with Gasteiger partial charge in [-0.3, -0.25) is 14.4 Å². The maximum absolute atomic E-state index is 12.6. The van der Waals surface area contributed by atoms with E-state index in [1.54, 1.807) is 0 Å². The van der Waals surface area contributed by atoms with E-state index in [0.29, 0.717) is 0 Å². The summed E-state index contributed by atoms with van der Waals surface area (Å²) >= 11 is 0. The lowest BCUT2D eigenvalue weighted by Crippen LogP contribution is -2.69. The molecule has 5 rings (SSSR count). The molecule has 29 atom stereocenters. The highest BCUT2D eigenvalue weighted by Crippen LogP contribution is 2.35. The van der Waals surface area contributed by atoms with Crippen LogP contribution in [0.2, 0.25) is 0 Å². The summed E-state index contributed by atoms with van der Waals surface area (Å²) < 4.78 is 64.1. The van der Waals surface area contributed by atoms with Crippen LogP contribution in [0.15, 0.2) is 0 Å². The van der Waals surface area contributed by atoms with Crippen LogP contribution in [-0.4, -0.2) is 323 Å². The SMILES string of the molecule is CC(=O)N[C@H]1C(O)[C@H](O[C@@H]2OC(CO)[C@H](O)C(O)[C@@H]2O)C(CO)O[C@H]1OC1C(O)[C@H](O)[C@@H](CO)O[C@@H]1OC[C@@H](O)[C@@H](OC(CO)[C@H](C)O)O[C@@H]1C(CO)O[C@@H](O[C@@H]2C(CO)O[C@@H](C)[C@@H](NC(C)=O)C2O)[C@@H](NC(C)=O)C1O. The Kier molecular flexibility index (Phi) is 24.8. The fourth-order valence-electron chi connectivity index (χ4n) is 9.47. The topological polar surface area (TPSA) is 513 Å². The lowest BCUT2D eigenvalue weighted by Gasteiger charge is -2.49. The van der Waals surface area contributed by atoms with Gasteiger partial charge in [0.1, 0.15) is 128 Å². The van der Waals surface area contributed by atoms with E-state index in [1.807, 2.05) is 0 Å². The summed E-state index contributed by atoms with van der Waals surface area (Å²) in [4.78, 5) is 37.1. The van der Waals surface area contributed by atoms with Crippen LogP contribution in [0.3, 0.4) is 0 Å². The number of rotatable bonds is 24. The number of hydrogen-bond donors (Lipinski definition) is 19. The summed E-state index contributed by atoms with van der Waals surface area (Å²) in [5, 5.41) is 179. The molecule has 5 aliphatic rings. The zero-order chi connectivity index (χ0) is 57.3. The van der Waals surface area contributed by atoms with Gasteiger partial charge in [-0.25, -0.2) is 0 Å². The van der Waals surface area contributed by atoms with Gasteiger partial charge < -0.3 is 150 Å². The Morgan fingerprint density at radius 2 is 0.883 bits per heavy atom. The minimum Gasteiger partial charge on any atom is -0.394 e. The molecule has 0 aromatic rings. The highest BCUT2D eigenvalue weighted by Gasteiger charge is 2.56. The van der Waals surface area contributed by atoms with Gasteiger partial charge in [0.25, 0.3) is 0 Å². The van der Waals surface area contributed by atoms with Gasteiger partial charge in [-0.05, 0) is 13.8 Å². The molecule has 0 radical (unpaired) electrons. The second kappa shape index (κ2) is 29.3. The Morgan fingerprint density at radius 1 is 0.481 bits per heavy atom. The number of aliphatic hydroxyl groups excluding tert-OH is 16. The van der Waals surface area contributed by atoms with Crippen molar-refractivity contribution in [2.45, 2.75) is 212 Å². The van der Waals surface area contributed by atoms with Crippen molar-refractivity contribution in [3.05, 3.63) is 0 Å². The number of carbonyl (C=O) groups excluding carboxylic acids is 3. The van der Waals surface area contributed by atoms with Gasteiger partial charge >= 0.3 is 0 Å². The van der Waals surface area contributed by atoms with E-state index in [9.17, 15) is 96.1 Å². The van der Waals surface area contributed by atoms with E-state index >= 15 is 0 Å². The van der Waals surface area contributed by atoms with E-state index < -0.39 is 242 Å². The molecule has 0 bridgehead atoms. The van der Waals surface area contributed by atoms with Gasteiger partial charge in [0.05, 0.1) is 64.5 Å². The van der Waals surface area contributed by atoms with Crippen LogP contribution in [0.4, 0.5) is 0 Å². The summed E-state index contributed by atoms with van der Waals surface area (Å²) in [5.74, 6) is -2.16. The first kappa shape index (κ1) is 65.1. The third-order valence-electron chi connectivity index (χ3n) is 13.6. The third-order valence-corrected chi connectivity index (χ3v) is 13.6. The second-order valence-electron chi connectivity index (χ2n) is 19.3. The molecule has 0 aromatic carbocycles. The van der Waals surface area contributed by atoms with Gasteiger partial charge in [0.2, 0.25) is 17.7 Å². The normalized spacial score (nSPS) is 43.4. The minimum atomic E-state index is -2.14. The average Bonchev–Trinajstić information content (AvgIpc) is 3.38. The summed E-state index contributed by atoms with van der Waals surface area (Å²) in [6, 6.07) is -4.49. The van der Waals surface area contributed by atoms with Gasteiger partial charge in [0.15, 0.2) is 31.5 Å². The number of nitrogens with one attached hydrogen (secondary N) is 3. The van der Waals surface area contributed by atoms with Gasteiger partial charge in [-0.1, -0.05) is 0 Å². The number of amides is 3. The molecule has 5 aliphatic heterocycles. The first-order valence-electron chi connectivity index (χ1n) is 24.8. The highest BCUT2D eigenvalue weighted by molar-refractivity contribution is 5.74. The molecule has 33 nitrogen and oxygen atoms in total. The zero-order valence-corrected chi connectivity index (χ0v) is 42.6. The van der Waals surface area contributed by atoms with Gasteiger partial charge in [-0.2, -0.15) is 0 Å². The predicted molar refractivity (Wildman–Crippen MR) is 244 cm³/mol. The van der Waals surface area contributed by atoms with Crippen LogP contribution in [0.1, 0.15) is 34.6 Å². The van der Waals surface area contributed by atoms with Crippen LogP contribution in [0.5, 0.6) is 0 Å². The van der Waals surface area contributed by atoms with E-state index in [1.165, 1.54) is 20.8 Å². The third kappa shape index (κ3) is 15.7. The zero-order valence-electron chi connectivity index (χ0n) is 42.6. The van der Waals surface area contributed by atoms with E-state index in [2.05, 4.69) is 16.0 Å². The van der Waals surface area contributed by atoms with Crippen molar-refractivity contribution < 1.29 is 148 Å². The molecule has 448 valence electrons. The molecule has 3 amide bonds. The Bertz CT molecular complexity index is 1830. The monoisotopic (exact) mass is 1130 g/mol. The van der Waals surface area contributed by atoms with Crippen molar-refractivity contribution in [1.29, 1.82) is 0 Å². The summed E-state index contributed by atoms with van der Waals surface area (Å²) in [5.41, 5.74) is 0. The standard InChI is InChI=1S/C44H77N3O30/c1-13(54)19(6-48)69-40(74-37-23(10-52)72-41(26(31(37)62)46-16(4)56)75-36-22(9-51)68-14(2)25(30(36)61)45-15(3)55)18(58)12-67-44-39(34(65)29(60)21(8-50)71-44)77-42-27(47-17(5)57)32(63)38(24(11-53)73-42)76-43-35(66)33(64)28(59)20(7-49)70-43/h13-14,18-44,48-54,58-66H,6-12H2,1-5H3,(H,45,55)(H,46,56)(H,47,57)/t13-,14-,18+,19?,20?,21+,22?,23?,24?,25+,26-,27-,28-,29+,30?,31?,32?,33?,34?,35-,36+,37+,38+,39?,40-,41-,42-,43-,44-/m0/s1. The Labute approximate surface area is 439 Å². The second-order valence-corrected chi connectivity index (χ2v) is 19.3. The lowest BCUT2D eigenvalue weighted by atomic mass is 9.92. The molecular weight excluding hydrogens is 1050 g/mol. The van der Waals surface area contributed by atoms with Crippen LogP contribution in [0.25, 0.3) is 0 Å². The molecule has 5 heterocycles. The molecule has 0 saturated carbocycles. The molecule has 11 unspecified atom stereocenters. The van der Waals surface area contributed by atoms with Crippen LogP contribution >= 0.6 is 0 Å². The first-order valence-corrected chi connectivity index (χ1v) is 24.8. The molecular formula is C44H77N3O30. The minimum absolute atomic E-state index is 0.551. The molecule has 19 N–H and O–H groups in total. The van der Waals surface area contributed by atoms with Gasteiger partial charge in [0, 0.05) is 20.8 Å². The summed E-state index contributed by atoms with van der Waals surface area (Å²) in [6.45, 7) is -0.562. The quantitative estimate of drug-likeness (QED) is 0.0399. The smallest absolute Gasteiger partial charge is 0.217 e. The van der Waals surface area contributed by atoms with Crippen LogP contribution < -0.4 is 16.0 Å². The first-order chi connectivity index (χ1) is 36.3. The molecule has 5 saturated heterocycles. The highest BCUT2D eigenvalue weighted by atomic mass is 16.8. The maximum Gasteiger partial charge on any atom is 0.217 e. The molecule has 33 heteroatoms. The Balaban J connectivity index is 1.40. The van der Waals surface area contributed by atoms with Crippen molar-refractivity contribution in [1.82, 2.24) is 16.0 Å². The van der Waals surface area contributed by atoms with Gasteiger partial charge in [-0.15, -0.1) is 0 Å². The van der Waals surface area contributed by atoms with Crippen molar-refractivity contribution >= 4 is 17.7 Å². The van der Waals surface area contributed by atoms with E-state index in [0.717, 1.165) is 13.8 Å². The number of hydrogen-bond acceptors (Lipinski definition) is 30. The van der Waals surface area contributed by atoms with Crippen LogP contribution in [0, 0.1) is 0 Å². The lowest BCUT2D eigenvalue weighted by molar-refractivity contribution is -0.375. The van der Waals surface area contributed by atoms with Crippen molar-refractivity contribution in [2.75, 3.05) is 46.2 Å². The molecule has 77 heavy (non-hydrogen) atoms. The fourth-order valence-corrected chi connectivity index (χ4v) is 9.47. The fraction of sp³-hybridized carbons (Fsp3) is 0.932. The number of aliphatic hydroxyl groups is 16. The largest absolute Gasteiger partial charge is 0.394 e. The van der Waals surface area contributed by atoms with Crippen molar-refractivity contribution in [3.63, 3.8) is 0 Å². The summed E-state index contributed by atoms with van der Waals surface area (Å²) in [7, 11) is 0. The number of carbonyl (C=O) groups is 3. The van der Waals surface area contributed by atoms with Crippen molar-refractivity contribution in [3.8, 4) is 0 Å². The number of ether oxygens (including phenoxy) is 11. The average molecular weight is 1130 g/mol. The summed E-state index contributed by atoms with van der Waals surface area (Å²) in [6.07, 6.45) is -46.0. The molecule has 5 fully saturated rings. The van der Waals surface area contributed by atoms with Crippen LogP contribution in [-0.2, 0) is 66.5 Å². The molecule has 0 spiro atoms. The van der Waals surface area contributed by atoms with Crippen molar-refractivity contribution in [2.24, 2.45) is 0 Å². The molecule has 0 aliphatic carbocycles. The van der Waals surface area contributed by atoms with E-state index in [-0.39, 0.29) is 0 Å². The van der Waals surface area contributed by atoms with E-state index in [4.69, 9.17) is 52.1 Å². The maximum atomic E-state index is 12.6. The Morgan fingerprint density at radius 3 is 1.36 bits per heavy atom. The Hall–Kier alpha value is -2.67. The predicted octanol–water partition coefficient (Wildman–Crippen LogP) is -12.0. The molecule has 0 aromatic heterocycles.